The van der Waals surface area contributed by atoms with E-state index >= 15 is 0 Å². The summed E-state index contributed by atoms with van der Waals surface area (Å²) in [6.45, 7) is 10.1. The van der Waals surface area contributed by atoms with Crippen molar-refractivity contribution in [2.45, 2.75) is 41.0 Å². The first kappa shape index (κ1) is 14.9. The van der Waals surface area contributed by atoms with E-state index in [2.05, 4.69) is 11.9 Å². The summed E-state index contributed by atoms with van der Waals surface area (Å²) in [6, 6.07) is 3.84. The van der Waals surface area contributed by atoms with E-state index in [1.807, 2.05) is 39.8 Å². The molecule has 0 amide bonds. The zero-order valence-corrected chi connectivity index (χ0v) is 10.0. The monoisotopic (exact) mass is 201 g/mol. The summed E-state index contributed by atoms with van der Waals surface area (Å²) in [5, 5.41) is 0.578. The van der Waals surface area contributed by atoms with Crippen LogP contribution in [-0.4, -0.2) is 4.98 Å². The zero-order chi connectivity index (χ0) is 10.7. The van der Waals surface area contributed by atoms with Gasteiger partial charge in [0.1, 0.15) is 5.15 Å². The Balaban J connectivity index is 0. The highest BCUT2D eigenvalue weighted by atomic mass is 35.5. The van der Waals surface area contributed by atoms with E-state index in [-0.39, 0.29) is 0 Å². The van der Waals surface area contributed by atoms with E-state index in [1.54, 1.807) is 6.20 Å². The third kappa shape index (κ3) is 7.79. The molecule has 1 aromatic rings. The average Bonchev–Trinajstić information content (AvgIpc) is 2.24. The Morgan fingerprint density at radius 2 is 1.77 bits per heavy atom. The number of hydrogen-bond acceptors (Lipinski definition) is 1. The van der Waals surface area contributed by atoms with Crippen LogP contribution in [0.2, 0.25) is 5.15 Å². The quantitative estimate of drug-likeness (QED) is 0.616. The number of halogens is 1. The van der Waals surface area contributed by atoms with Crippen LogP contribution in [0, 0.1) is 0 Å². The summed E-state index contributed by atoms with van der Waals surface area (Å²) >= 11 is 5.61. The number of nitrogens with zero attached hydrogens (tertiary/aromatic N) is 1. The second kappa shape index (κ2) is 11.4. The Labute approximate surface area is 87.2 Å². The lowest BCUT2D eigenvalue weighted by Gasteiger charge is -1.92. The van der Waals surface area contributed by atoms with Crippen LogP contribution in [-0.2, 0) is 6.42 Å². The molecular formula is C11H20ClN. The topological polar surface area (TPSA) is 12.9 Å². The molecule has 0 saturated heterocycles. The molecule has 0 radical (unpaired) electrons. The lowest BCUT2D eigenvalue weighted by molar-refractivity contribution is 1.12. The zero-order valence-electron chi connectivity index (χ0n) is 9.26. The number of aryl methyl sites for hydroxylation is 1. The van der Waals surface area contributed by atoms with Gasteiger partial charge in [-0.05, 0) is 24.1 Å². The number of pyridine rings is 1. The maximum atomic E-state index is 5.61. The molecule has 1 heterocycles. The molecule has 1 rings (SSSR count). The molecule has 0 bridgehead atoms. The van der Waals surface area contributed by atoms with Crippen LogP contribution in [0.4, 0.5) is 0 Å². The maximum absolute atomic E-state index is 5.61. The van der Waals surface area contributed by atoms with E-state index in [1.165, 1.54) is 5.56 Å². The first-order valence-electron chi connectivity index (χ1n) is 4.93. The van der Waals surface area contributed by atoms with Crippen molar-refractivity contribution in [2.75, 3.05) is 0 Å². The van der Waals surface area contributed by atoms with E-state index in [0.29, 0.717) is 5.15 Å². The van der Waals surface area contributed by atoms with Crippen molar-refractivity contribution in [3.05, 3.63) is 29.0 Å². The molecule has 0 saturated carbocycles. The van der Waals surface area contributed by atoms with Crippen LogP contribution in [0.5, 0.6) is 0 Å². The molecule has 1 nitrogen and oxygen atoms in total. The van der Waals surface area contributed by atoms with Gasteiger partial charge < -0.3 is 0 Å². The van der Waals surface area contributed by atoms with Crippen molar-refractivity contribution in [1.82, 2.24) is 4.98 Å². The summed E-state index contributed by atoms with van der Waals surface area (Å²) in [6.07, 6.45) is 2.74. The summed E-state index contributed by atoms with van der Waals surface area (Å²) < 4.78 is 0. The Kier molecular flexibility index (Phi) is 13.1. The molecule has 0 aliphatic rings. The van der Waals surface area contributed by atoms with Crippen molar-refractivity contribution in [3.63, 3.8) is 0 Å². The highest BCUT2D eigenvalue weighted by Crippen LogP contribution is 2.06. The van der Waals surface area contributed by atoms with Gasteiger partial charge in [-0.3, -0.25) is 0 Å². The van der Waals surface area contributed by atoms with Crippen molar-refractivity contribution in [1.29, 1.82) is 0 Å². The normalized spacial score (nSPS) is 7.54. The van der Waals surface area contributed by atoms with Crippen LogP contribution in [0.3, 0.4) is 0 Å². The highest BCUT2D eigenvalue weighted by molar-refractivity contribution is 6.29. The van der Waals surface area contributed by atoms with Gasteiger partial charge in [-0.25, -0.2) is 4.98 Å². The Bertz CT molecular complexity index is 199. The molecule has 0 aliphatic heterocycles. The number of aromatic nitrogens is 1. The lowest BCUT2D eigenvalue weighted by Crippen LogP contribution is -1.80. The van der Waals surface area contributed by atoms with Gasteiger partial charge in [0.2, 0.25) is 0 Å². The summed E-state index contributed by atoms with van der Waals surface area (Å²) in [4.78, 5) is 3.85. The molecular weight excluding hydrogens is 182 g/mol. The van der Waals surface area contributed by atoms with Gasteiger partial charge in [0.15, 0.2) is 0 Å². The summed E-state index contributed by atoms with van der Waals surface area (Å²) in [5.41, 5.74) is 1.23. The SMILES string of the molecule is CC.CC.CCc1ccnc(Cl)c1. The minimum Gasteiger partial charge on any atom is -0.245 e. The van der Waals surface area contributed by atoms with Crippen molar-refractivity contribution in [2.24, 2.45) is 0 Å². The molecule has 0 fully saturated rings. The first-order valence-corrected chi connectivity index (χ1v) is 5.31. The van der Waals surface area contributed by atoms with Crippen LogP contribution in [0.1, 0.15) is 40.2 Å². The maximum Gasteiger partial charge on any atom is 0.129 e. The largest absolute Gasteiger partial charge is 0.245 e. The van der Waals surface area contributed by atoms with Crippen molar-refractivity contribution < 1.29 is 0 Å². The van der Waals surface area contributed by atoms with Crippen molar-refractivity contribution >= 4 is 11.6 Å². The van der Waals surface area contributed by atoms with Gasteiger partial charge in [0.25, 0.3) is 0 Å². The highest BCUT2D eigenvalue weighted by Gasteiger charge is 1.88. The van der Waals surface area contributed by atoms with E-state index in [0.717, 1.165) is 6.42 Å². The molecule has 0 unspecified atom stereocenters. The standard InChI is InChI=1S/C7H8ClN.2C2H6/c1-2-6-3-4-9-7(8)5-6;2*1-2/h3-5H,2H2,1H3;2*1-2H3. The van der Waals surface area contributed by atoms with Crippen LogP contribution >= 0.6 is 11.6 Å². The number of rotatable bonds is 1. The molecule has 2 heteroatoms. The molecule has 0 aliphatic carbocycles. The lowest BCUT2D eigenvalue weighted by atomic mass is 10.2. The molecule has 76 valence electrons. The van der Waals surface area contributed by atoms with Gasteiger partial charge in [0, 0.05) is 6.20 Å². The van der Waals surface area contributed by atoms with Crippen LogP contribution in [0.25, 0.3) is 0 Å². The van der Waals surface area contributed by atoms with Gasteiger partial charge in [-0.2, -0.15) is 0 Å². The second-order valence-corrected chi connectivity index (χ2v) is 2.23. The Morgan fingerprint density at radius 3 is 2.08 bits per heavy atom. The average molecular weight is 202 g/mol. The predicted molar refractivity (Wildman–Crippen MR) is 61.3 cm³/mol. The van der Waals surface area contributed by atoms with Crippen molar-refractivity contribution in [3.8, 4) is 0 Å². The third-order valence-electron chi connectivity index (χ3n) is 1.20. The smallest absolute Gasteiger partial charge is 0.129 e. The summed E-state index contributed by atoms with van der Waals surface area (Å²) in [7, 11) is 0. The number of hydrogen-bond donors (Lipinski definition) is 0. The Morgan fingerprint density at radius 1 is 1.23 bits per heavy atom. The molecule has 1 aromatic heterocycles. The molecule has 0 aromatic carbocycles. The van der Waals surface area contributed by atoms with E-state index < -0.39 is 0 Å². The van der Waals surface area contributed by atoms with Crippen LogP contribution in [0.15, 0.2) is 18.3 Å². The third-order valence-corrected chi connectivity index (χ3v) is 1.41. The minimum absolute atomic E-state index is 0.578. The van der Waals surface area contributed by atoms with Crippen LogP contribution < -0.4 is 0 Å². The van der Waals surface area contributed by atoms with Gasteiger partial charge in [-0.1, -0.05) is 46.2 Å². The van der Waals surface area contributed by atoms with Gasteiger partial charge in [0.05, 0.1) is 0 Å². The predicted octanol–water partition coefficient (Wildman–Crippen LogP) is 4.35. The van der Waals surface area contributed by atoms with E-state index in [9.17, 15) is 0 Å². The fourth-order valence-electron chi connectivity index (χ4n) is 0.662. The minimum atomic E-state index is 0.578. The fraction of sp³-hybridized carbons (Fsp3) is 0.545. The summed E-state index contributed by atoms with van der Waals surface area (Å²) in [5.74, 6) is 0. The van der Waals surface area contributed by atoms with Gasteiger partial charge >= 0.3 is 0 Å². The van der Waals surface area contributed by atoms with E-state index in [4.69, 9.17) is 11.6 Å². The molecule has 0 atom stereocenters. The first-order chi connectivity index (χ1) is 6.33. The second-order valence-electron chi connectivity index (χ2n) is 1.84. The molecule has 13 heavy (non-hydrogen) atoms. The molecule has 0 N–H and O–H groups in total. The molecule has 0 spiro atoms. The Hall–Kier alpha value is -0.560. The van der Waals surface area contributed by atoms with Gasteiger partial charge in [-0.15, -0.1) is 0 Å². The fourth-order valence-corrected chi connectivity index (χ4v) is 0.859.